The topological polar surface area (TPSA) is 88.7 Å². The largest absolute Gasteiger partial charge is 0.497 e. The molecule has 0 unspecified atom stereocenters. The van der Waals surface area contributed by atoms with E-state index < -0.39 is 5.41 Å². The SMILES string of the molecule is COc1cc(CNCC(=O)Nc2cc(C)c3c(c2)C(C)(C)C(=O)N3)cc(OC)c1. The summed E-state index contributed by atoms with van der Waals surface area (Å²) in [6.07, 6.45) is 0. The van der Waals surface area contributed by atoms with Gasteiger partial charge in [-0.25, -0.2) is 0 Å². The van der Waals surface area contributed by atoms with Crippen LogP contribution in [-0.4, -0.2) is 32.6 Å². The Hall–Kier alpha value is -3.06. The first-order chi connectivity index (χ1) is 13.7. The number of aryl methyl sites for hydroxylation is 1. The van der Waals surface area contributed by atoms with Gasteiger partial charge in [0.15, 0.2) is 0 Å². The highest BCUT2D eigenvalue weighted by Crippen LogP contribution is 2.41. The van der Waals surface area contributed by atoms with Crippen LogP contribution in [0.5, 0.6) is 11.5 Å². The summed E-state index contributed by atoms with van der Waals surface area (Å²) in [6.45, 7) is 6.32. The monoisotopic (exact) mass is 397 g/mol. The molecule has 7 nitrogen and oxygen atoms in total. The number of carbonyl (C=O) groups excluding carboxylic acids is 2. The van der Waals surface area contributed by atoms with Gasteiger partial charge in [-0.2, -0.15) is 0 Å². The van der Waals surface area contributed by atoms with Gasteiger partial charge in [0.25, 0.3) is 0 Å². The third-order valence-corrected chi connectivity index (χ3v) is 5.12. The first-order valence-electron chi connectivity index (χ1n) is 9.43. The van der Waals surface area contributed by atoms with Crippen LogP contribution in [0.3, 0.4) is 0 Å². The van der Waals surface area contributed by atoms with E-state index in [1.165, 1.54) is 0 Å². The van der Waals surface area contributed by atoms with Gasteiger partial charge in [-0.05, 0) is 61.7 Å². The molecular weight excluding hydrogens is 370 g/mol. The number of amides is 2. The van der Waals surface area contributed by atoms with Crippen molar-refractivity contribution >= 4 is 23.2 Å². The number of nitrogens with one attached hydrogen (secondary N) is 3. The van der Waals surface area contributed by atoms with Crippen LogP contribution in [0.15, 0.2) is 30.3 Å². The number of rotatable bonds is 7. The molecule has 154 valence electrons. The van der Waals surface area contributed by atoms with Crippen LogP contribution < -0.4 is 25.4 Å². The molecule has 1 aliphatic heterocycles. The molecule has 2 aromatic carbocycles. The van der Waals surface area contributed by atoms with Crippen molar-refractivity contribution in [3.05, 3.63) is 47.0 Å². The van der Waals surface area contributed by atoms with Gasteiger partial charge in [-0.3, -0.25) is 9.59 Å². The van der Waals surface area contributed by atoms with Gasteiger partial charge >= 0.3 is 0 Å². The van der Waals surface area contributed by atoms with Crippen LogP contribution in [0.1, 0.15) is 30.5 Å². The Balaban J connectivity index is 1.62. The number of hydrogen-bond acceptors (Lipinski definition) is 5. The van der Waals surface area contributed by atoms with Gasteiger partial charge in [0.05, 0.1) is 26.2 Å². The molecule has 1 aliphatic rings. The van der Waals surface area contributed by atoms with Crippen LogP contribution in [0, 0.1) is 6.92 Å². The van der Waals surface area contributed by atoms with Gasteiger partial charge in [-0.1, -0.05) is 0 Å². The summed E-state index contributed by atoms with van der Waals surface area (Å²) < 4.78 is 10.5. The predicted molar refractivity (Wildman–Crippen MR) is 113 cm³/mol. The number of carbonyl (C=O) groups is 2. The summed E-state index contributed by atoms with van der Waals surface area (Å²) in [6, 6.07) is 9.32. The molecule has 0 saturated carbocycles. The van der Waals surface area contributed by atoms with E-state index in [2.05, 4.69) is 16.0 Å². The Morgan fingerprint density at radius 1 is 1.07 bits per heavy atom. The lowest BCUT2D eigenvalue weighted by atomic mass is 9.85. The Labute approximate surface area is 170 Å². The highest BCUT2D eigenvalue weighted by atomic mass is 16.5. The molecule has 29 heavy (non-hydrogen) atoms. The van der Waals surface area contributed by atoms with Crippen molar-refractivity contribution in [3.8, 4) is 11.5 Å². The maximum Gasteiger partial charge on any atom is 0.238 e. The van der Waals surface area contributed by atoms with Gasteiger partial charge in [0.2, 0.25) is 11.8 Å². The zero-order valence-corrected chi connectivity index (χ0v) is 17.4. The maximum absolute atomic E-state index is 12.4. The molecule has 0 spiro atoms. The Bertz CT molecular complexity index is 931. The summed E-state index contributed by atoms with van der Waals surface area (Å²) in [5.41, 5.74) is 3.67. The van der Waals surface area contributed by atoms with Crippen molar-refractivity contribution in [2.24, 2.45) is 0 Å². The van der Waals surface area contributed by atoms with E-state index in [0.717, 1.165) is 22.4 Å². The fraction of sp³-hybridized carbons (Fsp3) is 0.364. The van der Waals surface area contributed by atoms with Crippen molar-refractivity contribution in [2.75, 3.05) is 31.4 Å². The van der Waals surface area contributed by atoms with E-state index in [0.29, 0.717) is 23.7 Å². The van der Waals surface area contributed by atoms with Crippen molar-refractivity contribution < 1.29 is 19.1 Å². The summed E-state index contributed by atoms with van der Waals surface area (Å²) in [5, 5.41) is 8.95. The van der Waals surface area contributed by atoms with E-state index in [9.17, 15) is 9.59 Å². The molecule has 1 heterocycles. The Morgan fingerprint density at radius 2 is 1.72 bits per heavy atom. The molecule has 0 aromatic heterocycles. The molecule has 0 atom stereocenters. The molecule has 3 N–H and O–H groups in total. The summed E-state index contributed by atoms with van der Waals surface area (Å²) in [4.78, 5) is 24.6. The van der Waals surface area contributed by atoms with Crippen LogP contribution in [0.4, 0.5) is 11.4 Å². The summed E-state index contributed by atoms with van der Waals surface area (Å²) >= 11 is 0. The third-order valence-electron chi connectivity index (χ3n) is 5.12. The second kappa shape index (κ2) is 8.13. The number of methoxy groups -OCH3 is 2. The standard InChI is InChI=1S/C22H27N3O4/c1-13-6-15(9-18-20(13)25-21(27)22(18,2)3)24-19(26)12-23-11-14-7-16(28-4)10-17(8-14)29-5/h6-10,23H,11-12H2,1-5H3,(H,24,26)(H,25,27). The fourth-order valence-electron chi connectivity index (χ4n) is 3.40. The number of hydrogen-bond donors (Lipinski definition) is 3. The quantitative estimate of drug-likeness (QED) is 0.668. The predicted octanol–water partition coefficient (Wildman–Crippen LogP) is 2.97. The van der Waals surface area contributed by atoms with Crippen molar-refractivity contribution in [3.63, 3.8) is 0 Å². The Kier molecular flexibility index (Phi) is 5.79. The molecule has 7 heteroatoms. The van der Waals surface area contributed by atoms with Crippen molar-refractivity contribution in [1.29, 1.82) is 0 Å². The fourth-order valence-corrected chi connectivity index (χ4v) is 3.40. The molecule has 0 fully saturated rings. The van der Waals surface area contributed by atoms with E-state index in [4.69, 9.17) is 9.47 Å². The van der Waals surface area contributed by atoms with Crippen LogP contribution in [-0.2, 0) is 21.5 Å². The van der Waals surface area contributed by atoms with Crippen LogP contribution >= 0.6 is 0 Å². The van der Waals surface area contributed by atoms with Crippen LogP contribution in [0.25, 0.3) is 0 Å². The van der Waals surface area contributed by atoms with Gasteiger partial charge in [0.1, 0.15) is 11.5 Å². The number of fused-ring (bicyclic) bond motifs is 1. The molecule has 0 bridgehead atoms. The van der Waals surface area contributed by atoms with Gasteiger partial charge in [-0.15, -0.1) is 0 Å². The lowest BCUT2D eigenvalue weighted by Crippen LogP contribution is -2.28. The van der Waals surface area contributed by atoms with Crippen molar-refractivity contribution in [1.82, 2.24) is 5.32 Å². The number of ether oxygens (including phenoxy) is 2. The van der Waals surface area contributed by atoms with E-state index >= 15 is 0 Å². The summed E-state index contributed by atoms with van der Waals surface area (Å²) in [5.74, 6) is 1.21. The summed E-state index contributed by atoms with van der Waals surface area (Å²) in [7, 11) is 3.20. The second-order valence-corrected chi connectivity index (χ2v) is 7.67. The minimum Gasteiger partial charge on any atom is -0.497 e. The molecule has 0 saturated heterocycles. The lowest BCUT2D eigenvalue weighted by molar-refractivity contribution is -0.119. The molecule has 0 aliphatic carbocycles. The molecule has 3 rings (SSSR count). The highest BCUT2D eigenvalue weighted by molar-refractivity contribution is 6.07. The van der Waals surface area contributed by atoms with Crippen LogP contribution in [0.2, 0.25) is 0 Å². The molecule has 2 amide bonds. The first kappa shape index (κ1) is 20.7. The smallest absolute Gasteiger partial charge is 0.238 e. The zero-order valence-electron chi connectivity index (χ0n) is 17.4. The van der Waals surface area contributed by atoms with Gasteiger partial charge < -0.3 is 25.4 Å². The minimum absolute atomic E-state index is 0.0329. The zero-order chi connectivity index (χ0) is 21.2. The molecular formula is C22H27N3O4. The molecule has 0 radical (unpaired) electrons. The number of benzene rings is 2. The highest BCUT2D eigenvalue weighted by Gasteiger charge is 2.39. The average molecular weight is 397 g/mol. The lowest BCUT2D eigenvalue weighted by Gasteiger charge is -2.17. The van der Waals surface area contributed by atoms with Crippen molar-refractivity contribution in [2.45, 2.75) is 32.7 Å². The molecule has 2 aromatic rings. The first-order valence-corrected chi connectivity index (χ1v) is 9.43. The Morgan fingerprint density at radius 3 is 2.34 bits per heavy atom. The van der Waals surface area contributed by atoms with E-state index in [1.807, 2.05) is 45.0 Å². The number of anilines is 2. The minimum atomic E-state index is -0.621. The van der Waals surface area contributed by atoms with E-state index in [-0.39, 0.29) is 18.4 Å². The normalized spacial score (nSPS) is 14.2. The van der Waals surface area contributed by atoms with Gasteiger partial charge in [0, 0.05) is 24.0 Å². The maximum atomic E-state index is 12.4. The second-order valence-electron chi connectivity index (χ2n) is 7.67. The third kappa shape index (κ3) is 4.35. The average Bonchev–Trinajstić information content (AvgIpc) is 2.91. The van der Waals surface area contributed by atoms with E-state index in [1.54, 1.807) is 20.3 Å².